The Bertz CT molecular complexity index is 1160. The molecule has 6 nitrogen and oxygen atoms in total. The zero-order chi connectivity index (χ0) is 23.1. The van der Waals surface area contributed by atoms with E-state index < -0.39 is 17.3 Å². The third-order valence-electron chi connectivity index (χ3n) is 5.17. The van der Waals surface area contributed by atoms with E-state index in [0.29, 0.717) is 18.5 Å². The SMILES string of the molecule is CCCCn1c(=O)nc(Nc2cccc(C(F)(F)CCC)c2)n(Cc2ccccc2)c1=O. The van der Waals surface area contributed by atoms with Crippen LogP contribution in [-0.4, -0.2) is 14.1 Å². The number of hydrogen-bond donors (Lipinski definition) is 1. The first-order valence-corrected chi connectivity index (χ1v) is 10.9. The second-order valence-corrected chi connectivity index (χ2v) is 7.74. The molecule has 2 aromatic carbocycles. The molecular formula is C24H28F2N4O2. The fraction of sp³-hybridized carbons (Fsp3) is 0.375. The molecule has 0 aliphatic heterocycles. The van der Waals surface area contributed by atoms with Crippen LogP contribution < -0.4 is 16.7 Å². The minimum absolute atomic E-state index is 0.0209. The van der Waals surface area contributed by atoms with Crippen molar-refractivity contribution in [3.05, 3.63) is 86.7 Å². The molecule has 0 amide bonds. The van der Waals surface area contributed by atoms with Crippen molar-refractivity contribution in [2.45, 2.75) is 58.5 Å². The predicted octanol–water partition coefficient (Wildman–Crippen LogP) is 4.89. The minimum atomic E-state index is -2.97. The molecule has 0 radical (unpaired) electrons. The van der Waals surface area contributed by atoms with E-state index in [1.165, 1.54) is 22.8 Å². The predicted molar refractivity (Wildman–Crippen MR) is 122 cm³/mol. The Kier molecular flexibility index (Phi) is 7.56. The Morgan fingerprint density at radius 3 is 2.41 bits per heavy atom. The quantitative estimate of drug-likeness (QED) is 0.485. The van der Waals surface area contributed by atoms with Gasteiger partial charge >= 0.3 is 11.4 Å². The monoisotopic (exact) mass is 442 g/mol. The van der Waals surface area contributed by atoms with Gasteiger partial charge in [0.05, 0.1) is 6.54 Å². The van der Waals surface area contributed by atoms with Gasteiger partial charge in [0.2, 0.25) is 5.95 Å². The van der Waals surface area contributed by atoms with Gasteiger partial charge in [-0.25, -0.2) is 22.9 Å². The van der Waals surface area contributed by atoms with E-state index in [2.05, 4.69) is 10.3 Å². The number of nitrogens with one attached hydrogen (secondary N) is 1. The summed E-state index contributed by atoms with van der Waals surface area (Å²) in [4.78, 5) is 29.8. The second kappa shape index (κ2) is 10.3. The lowest BCUT2D eigenvalue weighted by Gasteiger charge is -2.18. The van der Waals surface area contributed by atoms with Gasteiger partial charge in [-0.1, -0.05) is 69.2 Å². The van der Waals surface area contributed by atoms with Gasteiger partial charge in [0.25, 0.3) is 5.92 Å². The van der Waals surface area contributed by atoms with Crippen LogP contribution in [0.5, 0.6) is 0 Å². The van der Waals surface area contributed by atoms with E-state index in [1.54, 1.807) is 13.0 Å². The van der Waals surface area contributed by atoms with Gasteiger partial charge in [-0.3, -0.25) is 4.57 Å². The summed E-state index contributed by atoms with van der Waals surface area (Å²) in [5.41, 5.74) is -0.0985. The van der Waals surface area contributed by atoms with Crippen molar-refractivity contribution < 1.29 is 8.78 Å². The average Bonchev–Trinajstić information content (AvgIpc) is 2.77. The van der Waals surface area contributed by atoms with Crippen molar-refractivity contribution in [3.63, 3.8) is 0 Å². The highest BCUT2D eigenvalue weighted by Gasteiger charge is 2.30. The van der Waals surface area contributed by atoms with E-state index in [1.807, 2.05) is 37.3 Å². The Hall–Kier alpha value is -3.29. The molecule has 0 atom stereocenters. The lowest BCUT2D eigenvalue weighted by atomic mass is 10.0. The van der Waals surface area contributed by atoms with E-state index in [9.17, 15) is 18.4 Å². The molecule has 1 N–H and O–H groups in total. The van der Waals surface area contributed by atoms with Crippen molar-refractivity contribution in [2.24, 2.45) is 0 Å². The number of nitrogens with zero attached hydrogens (tertiary/aromatic N) is 3. The molecule has 0 aliphatic rings. The lowest BCUT2D eigenvalue weighted by molar-refractivity contribution is -0.0139. The first-order chi connectivity index (χ1) is 15.4. The number of alkyl halides is 2. The molecule has 170 valence electrons. The highest BCUT2D eigenvalue weighted by atomic mass is 19.3. The molecule has 1 heterocycles. The molecule has 8 heteroatoms. The van der Waals surface area contributed by atoms with Crippen LogP contribution in [0.3, 0.4) is 0 Å². The van der Waals surface area contributed by atoms with Gasteiger partial charge in [-0.15, -0.1) is 0 Å². The summed E-state index contributed by atoms with van der Waals surface area (Å²) >= 11 is 0. The van der Waals surface area contributed by atoms with Gasteiger partial charge < -0.3 is 5.32 Å². The van der Waals surface area contributed by atoms with Crippen LogP contribution >= 0.6 is 0 Å². The van der Waals surface area contributed by atoms with E-state index in [-0.39, 0.29) is 31.0 Å². The molecule has 3 rings (SSSR count). The third kappa shape index (κ3) is 5.49. The fourth-order valence-electron chi connectivity index (χ4n) is 3.45. The molecule has 3 aromatic rings. The first kappa shape index (κ1) is 23.4. The van der Waals surface area contributed by atoms with E-state index in [4.69, 9.17) is 0 Å². The van der Waals surface area contributed by atoms with E-state index in [0.717, 1.165) is 16.6 Å². The Morgan fingerprint density at radius 1 is 0.969 bits per heavy atom. The molecule has 0 spiro atoms. The number of unbranched alkanes of at least 4 members (excludes halogenated alkanes) is 1. The number of anilines is 2. The fourth-order valence-corrected chi connectivity index (χ4v) is 3.45. The molecular weight excluding hydrogens is 414 g/mol. The van der Waals surface area contributed by atoms with Crippen LogP contribution in [0.4, 0.5) is 20.4 Å². The maximum absolute atomic E-state index is 14.4. The van der Waals surface area contributed by atoms with Crippen molar-refractivity contribution in [1.82, 2.24) is 14.1 Å². The van der Waals surface area contributed by atoms with E-state index >= 15 is 0 Å². The highest BCUT2D eigenvalue weighted by molar-refractivity contribution is 5.55. The number of rotatable bonds is 10. The van der Waals surface area contributed by atoms with Gasteiger partial charge in [0.15, 0.2) is 0 Å². The summed E-state index contributed by atoms with van der Waals surface area (Å²) in [6.07, 6.45) is 1.58. The molecule has 0 saturated heterocycles. The van der Waals surface area contributed by atoms with Crippen LogP contribution in [0, 0.1) is 0 Å². The van der Waals surface area contributed by atoms with Gasteiger partial charge in [-0.05, 0) is 24.1 Å². The standard InChI is InChI=1S/C24H28F2N4O2/c1-3-5-15-29-22(31)28-21(30(23(29)32)17-18-10-7-6-8-11-18)27-20-13-9-12-19(16-20)24(25,26)14-4-2/h6-13,16H,3-5,14-15,17H2,1-2H3,(H,27,28,31). The van der Waals surface area contributed by atoms with Crippen molar-refractivity contribution >= 4 is 11.6 Å². The largest absolute Gasteiger partial charge is 0.354 e. The van der Waals surface area contributed by atoms with Crippen molar-refractivity contribution in [3.8, 4) is 0 Å². The topological polar surface area (TPSA) is 68.9 Å². The molecule has 1 aromatic heterocycles. The first-order valence-electron chi connectivity index (χ1n) is 10.9. The second-order valence-electron chi connectivity index (χ2n) is 7.74. The van der Waals surface area contributed by atoms with Crippen LogP contribution in [0.1, 0.15) is 50.7 Å². The van der Waals surface area contributed by atoms with Gasteiger partial charge in [0.1, 0.15) is 0 Å². The molecule has 0 aliphatic carbocycles. The maximum atomic E-state index is 14.4. The zero-order valence-corrected chi connectivity index (χ0v) is 18.4. The summed E-state index contributed by atoms with van der Waals surface area (Å²) in [5, 5.41) is 2.92. The van der Waals surface area contributed by atoms with Crippen LogP contribution in [0.2, 0.25) is 0 Å². The lowest BCUT2D eigenvalue weighted by Crippen LogP contribution is -2.42. The van der Waals surface area contributed by atoms with Crippen LogP contribution in [0.25, 0.3) is 0 Å². The summed E-state index contributed by atoms with van der Waals surface area (Å²) in [6, 6.07) is 15.1. The van der Waals surface area contributed by atoms with Crippen LogP contribution in [-0.2, 0) is 19.0 Å². The van der Waals surface area contributed by atoms with Crippen molar-refractivity contribution in [1.29, 1.82) is 0 Å². The number of hydrogen-bond acceptors (Lipinski definition) is 4. The van der Waals surface area contributed by atoms with Crippen molar-refractivity contribution in [2.75, 3.05) is 5.32 Å². The molecule has 0 bridgehead atoms. The average molecular weight is 443 g/mol. The number of benzene rings is 2. The Balaban J connectivity index is 2.04. The van der Waals surface area contributed by atoms with Gasteiger partial charge in [0, 0.05) is 24.2 Å². The maximum Gasteiger partial charge on any atom is 0.354 e. The minimum Gasteiger partial charge on any atom is -0.325 e. The number of aromatic nitrogens is 3. The normalized spacial score (nSPS) is 11.5. The summed E-state index contributed by atoms with van der Waals surface area (Å²) in [5.74, 6) is -2.94. The Morgan fingerprint density at radius 2 is 1.72 bits per heavy atom. The van der Waals surface area contributed by atoms with Crippen LogP contribution in [0.15, 0.2) is 64.2 Å². The molecule has 0 unspecified atom stereocenters. The third-order valence-corrected chi connectivity index (χ3v) is 5.17. The molecule has 0 fully saturated rings. The summed E-state index contributed by atoms with van der Waals surface area (Å²) < 4.78 is 31.3. The highest BCUT2D eigenvalue weighted by Crippen LogP contribution is 2.34. The Labute approximate surface area is 185 Å². The number of halogens is 2. The summed E-state index contributed by atoms with van der Waals surface area (Å²) in [7, 11) is 0. The zero-order valence-electron chi connectivity index (χ0n) is 18.4. The molecule has 32 heavy (non-hydrogen) atoms. The smallest absolute Gasteiger partial charge is 0.325 e. The summed E-state index contributed by atoms with van der Waals surface area (Å²) in [6.45, 7) is 4.13. The van der Waals surface area contributed by atoms with Gasteiger partial charge in [-0.2, -0.15) is 4.98 Å². The molecule has 0 saturated carbocycles.